The van der Waals surface area contributed by atoms with Crippen molar-refractivity contribution < 1.29 is 0 Å². The van der Waals surface area contributed by atoms with Crippen molar-refractivity contribution in [1.29, 1.82) is 5.26 Å². The Balaban J connectivity index is 1.17. The number of hydrogen-bond acceptors (Lipinski definition) is 1. The molecular weight excluding hydrogens is 558 g/mol. The molecule has 0 bridgehead atoms. The van der Waals surface area contributed by atoms with E-state index in [9.17, 15) is 5.26 Å². The molecule has 2 aliphatic rings. The van der Waals surface area contributed by atoms with Crippen LogP contribution in [0.25, 0.3) is 56.5 Å². The summed E-state index contributed by atoms with van der Waals surface area (Å²) in [6.07, 6.45) is 9.44. The fraction of sp³-hybridized carbons (Fsp3) is 0.0930. The minimum Gasteiger partial charge on any atom is -0.310 e. The van der Waals surface area contributed by atoms with Gasteiger partial charge in [-0.3, -0.25) is 0 Å². The number of aromatic nitrogens is 2. The first-order chi connectivity index (χ1) is 22.8. The van der Waals surface area contributed by atoms with Crippen LogP contribution < -0.4 is 0 Å². The molecule has 3 nitrogen and oxygen atoms in total. The van der Waals surface area contributed by atoms with E-state index in [1.165, 1.54) is 61.0 Å². The maximum Gasteiger partial charge on any atom is 0.0947 e. The van der Waals surface area contributed by atoms with Crippen LogP contribution >= 0.6 is 0 Å². The molecule has 2 aromatic heterocycles. The molecule has 1 unspecified atom stereocenters. The Labute approximate surface area is 268 Å². The quantitative estimate of drug-likeness (QED) is 0.201. The van der Waals surface area contributed by atoms with E-state index in [1.54, 1.807) is 0 Å². The van der Waals surface area contributed by atoms with Gasteiger partial charge in [-0.25, -0.2) is 0 Å². The average Bonchev–Trinajstić information content (AvgIpc) is 3.64. The van der Waals surface area contributed by atoms with Crippen LogP contribution in [0.15, 0.2) is 139 Å². The zero-order valence-corrected chi connectivity index (χ0v) is 25.4. The van der Waals surface area contributed by atoms with Gasteiger partial charge in [0.15, 0.2) is 0 Å². The Hall–Kier alpha value is -5.85. The van der Waals surface area contributed by atoms with Crippen molar-refractivity contribution in [3.05, 3.63) is 167 Å². The molecule has 3 heteroatoms. The van der Waals surface area contributed by atoms with Crippen molar-refractivity contribution >= 4 is 34.0 Å². The van der Waals surface area contributed by atoms with Crippen LogP contribution in [0.3, 0.4) is 0 Å². The summed E-state index contributed by atoms with van der Waals surface area (Å²) in [5.74, 6) is 0.279. The van der Waals surface area contributed by atoms with E-state index in [1.807, 2.05) is 0 Å². The van der Waals surface area contributed by atoms with Gasteiger partial charge in [-0.15, -0.1) is 0 Å². The van der Waals surface area contributed by atoms with Gasteiger partial charge in [0.25, 0.3) is 0 Å². The number of para-hydroxylation sites is 2. The third-order valence-electron chi connectivity index (χ3n) is 9.82. The van der Waals surface area contributed by atoms with E-state index in [4.69, 9.17) is 0 Å². The van der Waals surface area contributed by atoms with Crippen LogP contribution in [-0.2, 0) is 12.8 Å². The molecule has 5 aromatic carbocycles. The first-order valence-corrected chi connectivity index (χ1v) is 16.1. The molecule has 46 heavy (non-hydrogen) atoms. The number of benzene rings is 5. The molecule has 0 aliphatic heterocycles. The molecule has 0 saturated carbocycles. The summed E-state index contributed by atoms with van der Waals surface area (Å²) in [4.78, 5) is 0. The molecule has 2 aliphatic carbocycles. The Morgan fingerprint density at radius 1 is 0.587 bits per heavy atom. The van der Waals surface area contributed by atoms with E-state index < -0.39 is 0 Å². The maximum absolute atomic E-state index is 9.85. The lowest BCUT2D eigenvalue weighted by Gasteiger charge is -2.20. The highest BCUT2D eigenvalue weighted by molar-refractivity contribution is 5.93. The molecular formula is C43H31N3. The van der Waals surface area contributed by atoms with Gasteiger partial charge in [0.05, 0.1) is 22.8 Å². The summed E-state index contributed by atoms with van der Waals surface area (Å²) in [6, 6.07) is 48.3. The molecule has 7 aromatic rings. The number of rotatable bonds is 4. The van der Waals surface area contributed by atoms with Crippen LogP contribution in [0.4, 0.5) is 0 Å². The molecule has 0 radical (unpaired) electrons. The Morgan fingerprint density at radius 2 is 1.30 bits per heavy atom. The van der Waals surface area contributed by atoms with Gasteiger partial charge in [0.1, 0.15) is 0 Å². The second-order valence-electron chi connectivity index (χ2n) is 12.4. The number of fused-ring (bicyclic) bond motifs is 6. The molecule has 0 N–H and O–H groups in total. The van der Waals surface area contributed by atoms with Crippen molar-refractivity contribution in [3.8, 4) is 28.6 Å². The first kappa shape index (κ1) is 26.5. The van der Waals surface area contributed by atoms with Gasteiger partial charge in [0, 0.05) is 39.3 Å². The fourth-order valence-corrected chi connectivity index (χ4v) is 7.65. The summed E-state index contributed by atoms with van der Waals surface area (Å²) in [7, 11) is 0. The molecule has 0 amide bonds. The van der Waals surface area contributed by atoms with Crippen LogP contribution in [0.5, 0.6) is 0 Å². The number of hydrogen-bond donors (Lipinski definition) is 0. The summed E-state index contributed by atoms with van der Waals surface area (Å²) in [6.45, 7) is 0. The van der Waals surface area contributed by atoms with E-state index in [0.29, 0.717) is 0 Å². The predicted octanol–water partition coefficient (Wildman–Crippen LogP) is 10.4. The van der Waals surface area contributed by atoms with Gasteiger partial charge in [-0.2, -0.15) is 5.26 Å². The Bertz CT molecular complexity index is 2390. The van der Waals surface area contributed by atoms with Crippen molar-refractivity contribution in [3.63, 3.8) is 0 Å². The third kappa shape index (κ3) is 4.19. The van der Waals surface area contributed by atoms with Gasteiger partial charge in [0.2, 0.25) is 0 Å². The van der Waals surface area contributed by atoms with Crippen molar-refractivity contribution in [2.75, 3.05) is 0 Å². The topological polar surface area (TPSA) is 33.6 Å². The highest BCUT2D eigenvalue weighted by atomic mass is 15.0. The Kier molecular flexibility index (Phi) is 6.14. The van der Waals surface area contributed by atoms with Gasteiger partial charge >= 0.3 is 0 Å². The number of nitrogens with zero attached hydrogens (tertiary/aromatic N) is 3. The molecule has 0 spiro atoms. The molecule has 0 saturated heterocycles. The molecule has 218 valence electrons. The molecule has 9 rings (SSSR count). The van der Waals surface area contributed by atoms with Gasteiger partial charge in [-0.05, 0) is 102 Å². The minimum absolute atomic E-state index is 0.279. The summed E-state index contributed by atoms with van der Waals surface area (Å²) >= 11 is 0. The normalized spacial score (nSPS) is 15.4. The Morgan fingerprint density at radius 3 is 2.15 bits per heavy atom. The standard InChI is InChI=1S/C43H31N3/c44-28-29-18-21-37-39-27-33(20-23-42(39)46(43(37)24-29)35-15-9-12-31(25-35)30-10-3-1-4-11-30)32-19-22-41-38(26-32)36-16-7-8-17-40(36)45(41)34-13-5-2-6-14-34/h1-17,19-20,22-25,27,32H,18,21,26H2. The van der Waals surface area contributed by atoms with E-state index in [-0.39, 0.29) is 5.92 Å². The number of nitriles is 1. The lowest BCUT2D eigenvalue weighted by Crippen LogP contribution is -2.07. The van der Waals surface area contributed by atoms with Crippen LogP contribution in [0, 0.1) is 11.3 Å². The first-order valence-electron chi connectivity index (χ1n) is 16.1. The summed E-state index contributed by atoms with van der Waals surface area (Å²) in [5.41, 5.74) is 14.5. The second kappa shape index (κ2) is 10.6. The van der Waals surface area contributed by atoms with E-state index in [0.717, 1.165) is 36.2 Å². The highest BCUT2D eigenvalue weighted by Gasteiger charge is 2.26. The van der Waals surface area contributed by atoms with Crippen molar-refractivity contribution in [2.45, 2.75) is 25.2 Å². The lowest BCUT2D eigenvalue weighted by atomic mass is 9.85. The zero-order chi connectivity index (χ0) is 30.6. The number of aryl methyl sites for hydroxylation is 1. The summed E-state index contributed by atoms with van der Waals surface area (Å²) in [5, 5.41) is 12.5. The van der Waals surface area contributed by atoms with Crippen molar-refractivity contribution in [2.24, 2.45) is 0 Å². The molecule has 2 heterocycles. The predicted molar refractivity (Wildman–Crippen MR) is 189 cm³/mol. The third-order valence-corrected chi connectivity index (χ3v) is 9.82. The van der Waals surface area contributed by atoms with E-state index >= 15 is 0 Å². The zero-order valence-electron chi connectivity index (χ0n) is 25.4. The average molecular weight is 590 g/mol. The van der Waals surface area contributed by atoms with Gasteiger partial charge < -0.3 is 9.13 Å². The number of allylic oxidation sites excluding steroid dienone is 2. The van der Waals surface area contributed by atoms with Crippen LogP contribution in [0.1, 0.15) is 40.4 Å². The minimum atomic E-state index is 0.279. The second-order valence-corrected chi connectivity index (χ2v) is 12.4. The van der Waals surface area contributed by atoms with Crippen LogP contribution in [0.2, 0.25) is 0 Å². The lowest BCUT2D eigenvalue weighted by molar-refractivity contribution is 0.826. The fourth-order valence-electron chi connectivity index (χ4n) is 7.65. The summed E-state index contributed by atoms with van der Waals surface area (Å²) < 4.78 is 4.76. The van der Waals surface area contributed by atoms with Gasteiger partial charge in [-0.1, -0.05) is 91.0 Å². The molecule has 0 fully saturated rings. The SMILES string of the molecule is N#CC1=Cc2c(c3cc(C4C=Cc5c(c6ccccc6n5-c5ccccc5)C4)ccc3n2-c2cccc(-c3ccccc3)c2)CC1. The maximum atomic E-state index is 9.85. The highest BCUT2D eigenvalue weighted by Crippen LogP contribution is 2.41. The monoisotopic (exact) mass is 589 g/mol. The largest absolute Gasteiger partial charge is 0.310 e. The van der Waals surface area contributed by atoms with Crippen LogP contribution in [-0.4, -0.2) is 9.13 Å². The van der Waals surface area contributed by atoms with E-state index in [2.05, 4.69) is 161 Å². The molecule has 1 atom stereocenters. The van der Waals surface area contributed by atoms with Crippen molar-refractivity contribution in [1.82, 2.24) is 9.13 Å². The smallest absolute Gasteiger partial charge is 0.0947 e.